The number of nitrogens with zero attached hydrogens (tertiary/aromatic N) is 2. The lowest BCUT2D eigenvalue weighted by atomic mass is 9.95. The maximum absolute atomic E-state index is 5.46. The zero-order chi connectivity index (χ0) is 14.8. The van der Waals surface area contributed by atoms with Crippen molar-refractivity contribution in [2.75, 3.05) is 26.3 Å². The fourth-order valence-electron chi connectivity index (χ4n) is 3.71. The molecule has 3 heteroatoms. The number of rotatable bonds is 3. The molecule has 116 valence electrons. The molecule has 0 aliphatic carbocycles. The van der Waals surface area contributed by atoms with E-state index in [4.69, 9.17) is 9.72 Å². The second-order valence-electron chi connectivity index (χ2n) is 6.63. The van der Waals surface area contributed by atoms with E-state index in [1.54, 1.807) is 0 Å². The Bertz CT molecular complexity index is 643. The van der Waals surface area contributed by atoms with Gasteiger partial charge >= 0.3 is 0 Å². The fraction of sp³-hybridized carbons (Fsp3) is 0.526. The first-order valence-electron chi connectivity index (χ1n) is 8.58. The largest absolute Gasteiger partial charge is 0.381 e. The molecule has 2 aromatic rings. The van der Waals surface area contributed by atoms with Crippen LogP contribution in [-0.2, 0) is 11.3 Å². The van der Waals surface area contributed by atoms with E-state index < -0.39 is 0 Å². The van der Waals surface area contributed by atoms with Crippen molar-refractivity contribution in [2.24, 2.45) is 0 Å². The number of fused-ring (bicyclic) bond motifs is 1. The molecular formula is C19H24N2O. The van der Waals surface area contributed by atoms with Crippen LogP contribution in [-0.4, -0.2) is 36.2 Å². The molecule has 0 saturated carbocycles. The molecule has 0 atom stereocenters. The van der Waals surface area contributed by atoms with Crippen LogP contribution in [0.25, 0.3) is 10.9 Å². The molecule has 0 spiro atoms. The van der Waals surface area contributed by atoms with Crippen LogP contribution in [0.15, 0.2) is 30.3 Å². The van der Waals surface area contributed by atoms with Crippen LogP contribution in [0.4, 0.5) is 0 Å². The summed E-state index contributed by atoms with van der Waals surface area (Å²) in [4.78, 5) is 7.45. The third kappa shape index (κ3) is 3.01. The Kier molecular flexibility index (Phi) is 4.09. The summed E-state index contributed by atoms with van der Waals surface area (Å²) in [6.07, 6.45) is 4.91. The Hall–Kier alpha value is -1.45. The SMILES string of the molecule is c1cc2nc(C3CCOCC3)ccc2cc1CN1CCCC1. The molecule has 2 saturated heterocycles. The smallest absolute Gasteiger partial charge is 0.0705 e. The molecular weight excluding hydrogens is 272 g/mol. The van der Waals surface area contributed by atoms with Crippen LogP contribution in [0.5, 0.6) is 0 Å². The fourth-order valence-corrected chi connectivity index (χ4v) is 3.71. The average Bonchev–Trinajstić information content (AvgIpc) is 3.08. The number of hydrogen-bond donors (Lipinski definition) is 0. The summed E-state index contributed by atoms with van der Waals surface area (Å²) in [5.41, 5.74) is 3.78. The first-order chi connectivity index (χ1) is 10.9. The van der Waals surface area contributed by atoms with Gasteiger partial charge < -0.3 is 4.74 Å². The van der Waals surface area contributed by atoms with Crippen molar-refractivity contribution in [1.29, 1.82) is 0 Å². The lowest BCUT2D eigenvalue weighted by Gasteiger charge is -2.21. The van der Waals surface area contributed by atoms with E-state index in [-0.39, 0.29) is 0 Å². The molecule has 0 unspecified atom stereocenters. The molecule has 2 aliphatic rings. The minimum Gasteiger partial charge on any atom is -0.381 e. The van der Waals surface area contributed by atoms with E-state index in [0.29, 0.717) is 5.92 Å². The van der Waals surface area contributed by atoms with Crippen molar-refractivity contribution in [1.82, 2.24) is 9.88 Å². The normalized spacial score (nSPS) is 20.7. The van der Waals surface area contributed by atoms with Crippen LogP contribution < -0.4 is 0 Å². The molecule has 1 aromatic carbocycles. The van der Waals surface area contributed by atoms with E-state index in [1.807, 2.05) is 0 Å². The molecule has 4 rings (SSSR count). The third-order valence-corrected chi connectivity index (χ3v) is 5.02. The molecule has 0 radical (unpaired) electrons. The van der Waals surface area contributed by atoms with Crippen molar-refractivity contribution >= 4 is 10.9 Å². The van der Waals surface area contributed by atoms with Gasteiger partial charge in [-0.1, -0.05) is 12.1 Å². The molecule has 3 heterocycles. The van der Waals surface area contributed by atoms with Gasteiger partial charge in [0.05, 0.1) is 5.52 Å². The van der Waals surface area contributed by atoms with Gasteiger partial charge in [0.2, 0.25) is 0 Å². The Labute approximate surface area is 132 Å². The van der Waals surface area contributed by atoms with Crippen LogP contribution in [0.2, 0.25) is 0 Å². The predicted octanol–water partition coefficient (Wildman–Crippen LogP) is 3.72. The number of aromatic nitrogens is 1. The maximum Gasteiger partial charge on any atom is 0.0705 e. The van der Waals surface area contributed by atoms with E-state index in [0.717, 1.165) is 38.1 Å². The highest BCUT2D eigenvalue weighted by molar-refractivity contribution is 5.79. The zero-order valence-corrected chi connectivity index (χ0v) is 13.1. The molecule has 3 nitrogen and oxygen atoms in total. The number of pyridine rings is 1. The molecule has 1 aromatic heterocycles. The van der Waals surface area contributed by atoms with Crippen molar-refractivity contribution in [2.45, 2.75) is 38.1 Å². The van der Waals surface area contributed by atoms with Crippen molar-refractivity contribution in [3.63, 3.8) is 0 Å². The summed E-state index contributed by atoms with van der Waals surface area (Å²) in [6, 6.07) is 11.2. The van der Waals surface area contributed by atoms with Gasteiger partial charge in [0, 0.05) is 36.8 Å². The zero-order valence-electron chi connectivity index (χ0n) is 13.1. The van der Waals surface area contributed by atoms with Crippen LogP contribution in [0.3, 0.4) is 0 Å². The second-order valence-corrected chi connectivity index (χ2v) is 6.63. The summed E-state index contributed by atoms with van der Waals surface area (Å²) < 4.78 is 5.46. The second kappa shape index (κ2) is 6.35. The third-order valence-electron chi connectivity index (χ3n) is 5.02. The van der Waals surface area contributed by atoms with Gasteiger partial charge in [-0.3, -0.25) is 9.88 Å². The van der Waals surface area contributed by atoms with Crippen LogP contribution in [0.1, 0.15) is 42.9 Å². The van der Waals surface area contributed by atoms with E-state index >= 15 is 0 Å². The average molecular weight is 296 g/mol. The molecule has 0 N–H and O–H groups in total. The van der Waals surface area contributed by atoms with Gasteiger partial charge in [-0.15, -0.1) is 0 Å². The van der Waals surface area contributed by atoms with Crippen LogP contribution >= 0.6 is 0 Å². The van der Waals surface area contributed by atoms with E-state index in [1.165, 1.54) is 42.6 Å². The summed E-state index contributed by atoms with van der Waals surface area (Å²) in [5.74, 6) is 0.572. The molecule has 0 bridgehead atoms. The van der Waals surface area contributed by atoms with Gasteiger partial charge in [0.15, 0.2) is 0 Å². The summed E-state index contributed by atoms with van der Waals surface area (Å²) in [5, 5.41) is 1.27. The minimum atomic E-state index is 0.572. The van der Waals surface area contributed by atoms with Crippen molar-refractivity contribution < 1.29 is 4.74 Å². The van der Waals surface area contributed by atoms with Gasteiger partial charge in [-0.25, -0.2) is 0 Å². The van der Waals surface area contributed by atoms with Gasteiger partial charge in [-0.2, -0.15) is 0 Å². The highest BCUT2D eigenvalue weighted by Crippen LogP contribution is 2.27. The standard InChI is InChI=1S/C19H24N2O/c1-2-10-21(9-1)14-15-3-5-19-17(13-15)4-6-18(20-19)16-7-11-22-12-8-16/h3-6,13,16H,1-2,7-12,14H2. The van der Waals surface area contributed by atoms with E-state index in [2.05, 4.69) is 35.2 Å². The first-order valence-corrected chi connectivity index (χ1v) is 8.58. The van der Waals surface area contributed by atoms with Gasteiger partial charge in [0.25, 0.3) is 0 Å². The Morgan fingerprint density at radius 1 is 1.05 bits per heavy atom. The van der Waals surface area contributed by atoms with Crippen molar-refractivity contribution in [3.05, 3.63) is 41.6 Å². The highest BCUT2D eigenvalue weighted by atomic mass is 16.5. The lowest BCUT2D eigenvalue weighted by molar-refractivity contribution is 0.0846. The Morgan fingerprint density at radius 2 is 1.86 bits per heavy atom. The number of benzene rings is 1. The lowest BCUT2D eigenvalue weighted by Crippen LogP contribution is -2.18. The Morgan fingerprint density at radius 3 is 2.68 bits per heavy atom. The number of hydrogen-bond acceptors (Lipinski definition) is 3. The monoisotopic (exact) mass is 296 g/mol. The van der Waals surface area contributed by atoms with Crippen LogP contribution in [0, 0.1) is 0 Å². The molecule has 22 heavy (non-hydrogen) atoms. The Balaban J connectivity index is 1.55. The summed E-state index contributed by atoms with van der Waals surface area (Å²) in [7, 11) is 0. The topological polar surface area (TPSA) is 25.4 Å². The predicted molar refractivity (Wildman–Crippen MR) is 89.0 cm³/mol. The molecule has 2 aliphatic heterocycles. The van der Waals surface area contributed by atoms with Gasteiger partial charge in [0.1, 0.15) is 0 Å². The summed E-state index contributed by atoms with van der Waals surface area (Å²) >= 11 is 0. The quantitative estimate of drug-likeness (QED) is 0.863. The summed E-state index contributed by atoms with van der Waals surface area (Å²) in [6.45, 7) is 5.33. The molecule has 0 amide bonds. The highest BCUT2D eigenvalue weighted by Gasteiger charge is 2.17. The number of likely N-dealkylation sites (tertiary alicyclic amines) is 1. The number of ether oxygens (including phenoxy) is 1. The first kappa shape index (κ1) is 14.2. The minimum absolute atomic E-state index is 0.572. The van der Waals surface area contributed by atoms with Crippen molar-refractivity contribution in [3.8, 4) is 0 Å². The van der Waals surface area contributed by atoms with E-state index in [9.17, 15) is 0 Å². The molecule has 2 fully saturated rings. The maximum atomic E-state index is 5.46. The van der Waals surface area contributed by atoms with Gasteiger partial charge in [-0.05, 0) is 62.5 Å².